The number of pyridine rings is 1. The number of nitrogens with zero attached hydrogens (tertiary/aromatic N) is 2. The molecule has 2 heterocycles. The summed E-state index contributed by atoms with van der Waals surface area (Å²) in [5, 5.41) is -0.126. The molecule has 3 rings (SSSR count). The van der Waals surface area contributed by atoms with Gasteiger partial charge in [-0.2, -0.15) is 8.42 Å². The van der Waals surface area contributed by atoms with Crippen LogP contribution >= 0.6 is 0 Å². The van der Waals surface area contributed by atoms with Gasteiger partial charge in [0.1, 0.15) is 5.82 Å². The van der Waals surface area contributed by atoms with E-state index in [4.69, 9.17) is 0 Å². The van der Waals surface area contributed by atoms with Gasteiger partial charge in [-0.05, 0) is 24.3 Å². The Kier molecular flexibility index (Phi) is 2.68. The van der Waals surface area contributed by atoms with E-state index in [0.29, 0.717) is 11.0 Å². The van der Waals surface area contributed by atoms with Crippen LogP contribution in [0, 0.1) is 0 Å². The Hall–Kier alpha value is -2.41. The van der Waals surface area contributed by atoms with Crippen molar-refractivity contribution < 1.29 is 8.42 Å². The first-order chi connectivity index (χ1) is 9.15. The highest BCUT2D eigenvalue weighted by molar-refractivity contribution is 7.92. The molecule has 3 aromatic rings. The van der Waals surface area contributed by atoms with Crippen LogP contribution in [0.5, 0.6) is 0 Å². The maximum Gasteiger partial charge on any atom is 0.296 e. The molecule has 0 unspecified atom stereocenters. The summed E-state index contributed by atoms with van der Waals surface area (Å²) < 4.78 is 26.6. The minimum absolute atomic E-state index is 0.126. The highest BCUT2D eigenvalue weighted by atomic mass is 32.2. The van der Waals surface area contributed by atoms with Crippen LogP contribution in [-0.4, -0.2) is 23.4 Å². The van der Waals surface area contributed by atoms with Crippen molar-refractivity contribution >= 4 is 26.9 Å². The Morgan fingerprint density at radius 2 is 1.84 bits per heavy atom. The van der Waals surface area contributed by atoms with Crippen molar-refractivity contribution in [2.24, 2.45) is 0 Å². The lowest BCUT2D eigenvalue weighted by Crippen LogP contribution is -2.15. The molecular formula is C12H10N4O2S. The molecular weight excluding hydrogens is 264 g/mol. The number of para-hydroxylation sites is 2. The summed E-state index contributed by atoms with van der Waals surface area (Å²) in [5.41, 5.74) is 1.27. The van der Waals surface area contributed by atoms with Gasteiger partial charge in [-0.3, -0.25) is 4.72 Å². The zero-order valence-corrected chi connectivity index (χ0v) is 10.6. The second-order valence-electron chi connectivity index (χ2n) is 3.88. The van der Waals surface area contributed by atoms with Gasteiger partial charge in [0.15, 0.2) is 0 Å². The molecule has 0 fully saturated rings. The zero-order chi connectivity index (χ0) is 13.3. The number of nitrogens with one attached hydrogen (secondary N) is 2. The molecule has 1 aromatic carbocycles. The highest BCUT2D eigenvalue weighted by Crippen LogP contribution is 2.16. The van der Waals surface area contributed by atoms with Crippen LogP contribution in [-0.2, 0) is 10.0 Å². The molecule has 2 aromatic heterocycles. The summed E-state index contributed by atoms with van der Waals surface area (Å²) in [5.74, 6) is 0.253. The van der Waals surface area contributed by atoms with Crippen LogP contribution in [0.25, 0.3) is 11.0 Å². The largest absolute Gasteiger partial charge is 0.327 e. The number of hydrogen-bond acceptors (Lipinski definition) is 4. The third kappa shape index (κ3) is 2.27. The minimum Gasteiger partial charge on any atom is -0.327 e. The molecule has 0 aliphatic rings. The van der Waals surface area contributed by atoms with Gasteiger partial charge in [0.2, 0.25) is 5.16 Å². The number of anilines is 1. The molecule has 0 aliphatic heterocycles. The number of H-pyrrole nitrogens is 1. The summed E-state index contributed by atoms with van der Waals surface area (Å²) in [7, 11) is -3.75. The van der Waals surface area contributed by atoms with E-state index >= 15 is 0 Å². The van der Waals surface area contributed by atoms with Gasteiger partial charge in [0.25, 0.3) is 10.0 Å². The summed E-state index contributed by atoms with van der Waals surface area (Å²) in [6, 6.07) is 12.1. The number of sulfonamides is 1. The Labute approximate surface area is 109 Å². The Morgan fingerprint density at radius 3 is 2.58 bits per heavy atom. The second kappa shape index (κ2) is 4.36. The molecule has 6 nitrogen and oxygen atoms in total. The van der Waals surface area contributed by atoms with E-state index in [0.717, 1.165) is 0 Å². The van der Waals surface area contributed by atoms with Crippen LogP contribution in [0.2, 0.25) is 0 Å². The number of hydrogen-bond donors (Lipinski definition) is 2. The van der Waals surface area contributed by atoms with E-state index in [1.165, 1.54) is 6.20 Å². The maximum absolute atomic E-state index is 12.1. The fourth-order valence-electron chi connectivity index (χ4n) is 1.67. The zero-order valence-electron chi connectivity index (χ0n) is 9.74. The standard InChI is InChI=1S/C12H10N4O2S/c17-19(18,16-11-7-3-4-8-13-11)12-14-9-5-1-2-6-10(9)15-12/h1-8H,(H,13,16)(H,14,15). The fourth-order valence-corrected chi connectivity index (χ4v) is 2.62. The van der Waals surface area contributed by atoms with E-state index in [-0.39, 0.29) is 11.0 Å². The van der Waals surface area contributed by atoms with E-state index in [1.807, 2.05) is 6.07 Å². The highest BCUT2D eigenvalue weighted by Gasteiger charge is 2.19. The molecule has 0 atom stereocenters. The van der Waals surface area contributed by atoms with Crippen molar-refractivity contribution in [3.63, 3.8) is 0 Å². The van der Waals surface area contributed by atoms with Crippen molar-refractivity contribution in [1.82, 2.24) is 15.0 Å². The number of aromatic amines is 1. The monoisotopic (exact) mass is 274 g/mol. The molecule has 0 aliphatic carbocycles. The first-order valence-corrected chi connectivity index (χ1v) is 7.02. The number of imidazole rings is 1. The molecule has 0 spiro atoms. The lowest BCUT2D eigenvalue weighted by Gasteiger charge is -2.03. The normalized spacial score (nSPS) is 11.6. The molecule has 2 N–H and O–H groups in total. The predicted octanol–water partition coefficient (Wildman–Crippen LogP) is 1.76. The van der Waals surface area contributed by atoms with Gasteiger partial charge in [0.05, 0.1) is 11.0 Å². The van der Waals surface area contributed by atoms with Crippen LogP contribution < -0.4 is 4.72 Å². The SMILES string of the molecule is O=S(=O)(Nc1ccccn1)c1nc2ccccc2[nH]1. The van der Waals surface area contributed by atoms with Crippen molar-refractivity contribution in [3.8, 4) is 0 Å². The Morgan fingerprint density at radius 1 is 1.05 bits per heavy atom. The number of fused-ring (bicyclic) bond motifs is 1. The fraction of sp³-hybridized carbons (Fsp3) is 0. The van der Waals surface area contributed by atoms with E-state index in [1.54, 1.807) is 36.4 Å². The molecule has 0 amide bonds. The summed E-state index contributed by atoms with van der Waals surface area (Å²) >= 11 is 0. The van der Waals surface area contributed by atoms with Gasteiger partial charge in [-0.25, -0.2) is 9.97 Å². The number of rotatable bonds is 3. The Balaban J connectivity index is 2.00. The maximum atomic E-state index is 12.1. The average Bonchev–Trinajstić information content (AvgIpc) is 2.84. The van der Waals surface area contributed by atoms with E-state index < -0.39 is 10.0 Å². The van der Waals surface area contributed by atoms with Gasteiger partial charge in [0, 0.05) is 6.20 Å². The number of benzene rings is 1. The average molecular weight is 274 g/mol. The van der Waals surface area contributed by atoms with E-state index in [9.17, 15) is 8.42 Å². The smallest absolute Gasteiger partial charge is 0.296 e. The minimum atomic E-state index is -3.75. The van der Waals surface area contributed by atoms with Crippen LogP contribution in [0.1, 0.15) is 0 Å². The Bertz CT molecular complexity index is 779. The molecule has 96 valence electrons. The van der Waals surface area contributed by atoms with Crippen LogP contribution in [0.15, 0.2) is 53.8 Å². The lowest BCUT2D eigenvalue weighted by molar-refractivity contribution is 0.594. The summed E-state index contributed by atoms with van der Waals surface area (Å²) in [6.07, 6.45) is 1.51. The predicted molar refractivity (Wildman–Crippen MR) is 71.1 cm³/mol. The van der Waals surface area contributed by atoms with Gasteiger partial charge in [-0.1, -0.05) is 18.2 Å². The molecule has 0 radical (unpaired) electrons. The van der Waals surface area contributed by atoms with E-state index in [2.05, 4.69) is 19.7 Å². The molecule has 0 bridgehead atoms. The third-order valence-corrected chi connectivity index (χ3v) is 3.71. The van der Waals surface area contributed by atoms with Crippen molar-refractivity contribution in [3.05, 3.63) is 48.7 Å². The first-order valence-electron chi connectivity index (χ1n) is 5.54. The van der Waals surface area contributed by atoms with Crippen LogP contribution in [0.3, 0.4) is 0 Å². The quantitative estimate of drug-likeness (QED) is 0.761. The second-order valence-corrected chi connectivity index (χ2v) is 5.48. The van der Waals surface area contributed by atoms with Gasteiger partial charge < -0.3 is 4.98 Å². The van der Waals surface area contributed by atoms with Crippen molar-refractivity contribution in [2.45, 2.75) is 5.16 Å². The van der Waals surface area contributed by atoms with Crippen molar-refractivity contribution in [1.29, 1.82) is 0 Å². The molecule has 7 heteroatoms. The first kappa shape index (κ1) is 11.7. The molecule has 0 saturated carbocycles. The summed E-state index contributed by atoms with van der Waals surface area (Å²) in [6.45, 7) is 0. The summed E-state index contributed by atoms with van der Waals surface area (Å²) in [4.78, 5) is 10.7. The third-order valence-electron chi connectivity index (χ3n) is 2.53. The topological polar surface area (TPSA) is 87.7 Å². The molecule has 0 saturated heterocycles. The lowest BCUT2D eigenvalue weighted by atomic mass is 10.3. The molecule has 19 heavy (non-hydrogen) atoms. The van der Waals surface area contributed by atoms with Gasteiger partial charge in [-0.15, -0.1) is 0 Å². The van der Waals surface area contributed by atoms with Gasteiger partial charge >= 0.3 is 0 Å². The van der Waals surface area contributed by atoms with Crippen LogP contribution in [0.4, 0.5) is 5.82 Å². The van der Waals surface area contributed by atoms with Crippen molar-refractivity contribution in [2.75, 3.05) is 4.72 Å². The number of aromatic nitrogens is 3.